The molecule has 0 bridgehead atoms. The van der Waals surface area contributed by atoms with Crippen molar-refractivity contribution in [2.24, 2.45) is 4.99 Å². The SMILES string of the molecule is CN=C(NCC(c1ccc(OC)cc1)N1CCCC1)NC(C)C.I. The molecule has 0 saturated carbocycles. The molecule has 2 N–H and O–H groups in total. The number of methoxy groups -OCH3 is 1. The number of rotatable bonds is 6. The second-order valence-electron chi connectivity index (χ2n) is 6.28. The molecule has 1 heterocycles. The molecule has 0 amide bonds. The topological polar surface area (TPSA) is 48.9 Å². The first-order valence-corrected chi connectivity index (χ1v) is 8.49. The average molecular weight is 446 g/mol. The van der Waals surface area contributed by atoms with Gasteiger partial charge in [0.1, 0.15) is 5.75 Å². The lowest BCUT2D eigenvalue weighted by Crippen LogP contribution is -2.44. The Hall–Kier alpha value is -1.02. The number of hydrogen-bond donors (Lipinski definition) is 2. The summed E-state index contributed by atoms with van der Waals surface area (Å²) in [5.41, 5.74) is 1.32. The fraction of sp³-hybridized carbons (Fsp3) is 0.611. The van der Waals surface area contributed by atoms with Crippen LogP contribution in [0.4, 0.5) is 0 Å². The smallest absolute Gasteiger partial charge is 0.191 e. The van der Waals surface area contributed by atoms with Crippen LogP contribution in [0.2, 0.25) is 0 Å². The zero-order valence-corrected chi connectivity index (χ0v) is 17.5. The molecule has 5 nitrogen and oxygen atoms in total. The number of nitrogens with one attached hydrogen (secondary N) is 2. The minimum Gasteiger partial charge on any atom is -0.497 e. The van der Waals surface area contributed by atoms with Gasteiger partial charge in [0.25, 0.3) is 0 Å². The normalized spacial score (nSPS) is 16.6. The van der Waals surface area contributed by atoms with Crippen LogP contribution < -0.4 is 15.4 Å². The molecule has 1 unspecified atom stereocenters. The maximum atomic E-state index is 5.28. The number of likely N-dealkylation sites (tertiary alicyclic amines) is 1. The van der Waals surface area contributed by atoms with Crippen molar-refractivity contribution in [3.05, 3.63) is 29.8 Å². The van der Waals surface area contributed by atoms with Crippen LogP contribution in [0, 0.1) is 0 Å². The maximum Gasteiger partial charge on any atom is 0.191 e. The van der Waals surface area contributed by atoms with E-state index in [2.05, 4.69) is 46.5 Å². The lowest BCUT2D eigenvalue weighted by atomic mass is 10.1. The van der Waals surface area contributed by atoms with Gasteiger partial charge in [-0.15, -0.1) is 24.0 Å². The first-order chi connectivity index (χ1) is 11.1. The summed E-state index contributed by atoms with van der Waals surface area (Å²) in [5, 5.41) is 6.82. The van der Waals surface area contributed by atoms with E-state index < -0.39 is 0 Å². The van der Waals surface area contributed by atoms with Gasteiger partial charge in [-0.1, -0.05) is 12.1 Å². The zero-order chi connectivity index (χ0) is 16.7. The molecule has 0 radical (unpaired) electrons. The van der Waals surface area contributed by atoms with E-state index >= 15 is 0 Å². The quantitative estimate of drug-likeness (QED) is 0.401. The second kappa shape index (κ2) is 10.8. The molecule has 0 aromatic heterocycles. The number of ether oxygens (including phenoxy) is 1. The van der Waals surface area contributed by atoms with Crippen molar-refractivity contribution >= 4 is 29.9 Å². The molecule has 136 valence electrons. The van der Waals surface area contributed by atoms with Crippen LogP contribution in [0.3, 0.4) is 0 Å². The largest absolute Gasteiger partial charge is 0.497 e. The number of nitrogens with zero attached hydrogens (tertiary/aromatic N) is 2. The van der Waals surface area contributed by atoms with Crippen molar-refractivity contribution in [1.82, 2.24) is 15.5 Å². The van der Waals surface area contributed by atoms with Gasteiger partial charge in [-0.25, -0.2) is 0 Å². The van der Waals surface area contributed by atoms with Gasteiger partial charge in [-0.3, -0.25) is 9.89 Å². The lowest BCUT2D eigenvalue weighted by molar-refractivity contribution is 0.245. The van der Waals surface area contributed by atoms with Crippen molar-refractivity contribution in [3.63, 3.8) is 0 Å². The fourth-order valence-electron chi connectivity index (χ4n) is 3.00. The highest BCUT2D eigenvalue weighted by Gasteiger charge is 2.23. The Morgan fingerprint density at radius 3 is 2.33 bits per heavy atom. The van der Waals surface area contributed by atoms with E-state index in [1.165, 1.54) is 18.4 Å². The van der Waals surface area contributed by atoms with Crippen LogP contribution in [-0.2, 0) is 0 Å². The Bertz CT molecular complexity index is 498. The predicted octanol–water partition coefficient (Wildman–Crippen LogP) is 3.02. The minimum atomic E-state index is 0. The molecular weight excluding hydrogens is 415 g/mol. The van der Waals surface area contributed by atoms with Crippen LogP contribution in [0.25, 0.3) is 0 Å². The maximum absolute atomic E-state index is 5.28. The van der Waals surface area contributed by atoms with Crippen LogP contribution in [0.1, 0.15) is 38.3 Å². The summed E-state index contributed by atoms with van der Waals surface area (Å²) in [6.07, 6.45) is 2.57. The van der Waals surface area contributed by atoms with Gasteiger partial charge in [0.2, 0.25) is 0 Å². The molecule has 1 aromatic carbocycles. The summed E-state index contributed by atoms with van der Waals surface area (Å²) in [5.74, 6) is 1.76. The summed E-state index contributed by atoms with van der Waals surface area (Å²) < 4.78 is 5.28. The van der Waals surface area contributed by atoms with Crippen LogP contribution in [0.15, 0.2) is 29.3 Å². The Kier molecular flexibility index (Phi) is 9.43. The molecule has 0 aliphatic carbocycles. The van der Waals surface area contributed by atoms with Crippen molar-refractivity contribution in [3.8, 4) is 5.75 Å². The molecule has 1 atom stereocenters. The van der Waals surface area contributed by atoms with E-state index in [9.17, 15) is 0 Å². The number of halogens is 1. The number of hydrogen-bond acceptors (Lipinski definition) is 3. The van der Waals surface area contributed by atoms with Crippen LogP contribution in [-0.4, -0.2) is 50.7 Å². The molecule has 1 saturated heterocycles. The Morgan fingerprint density at radius 2 is 1.83 bits per heavy atom. The van der Waals surface area contributed by atoms with Crippen molar-refractivity contribution in [1.29, 1.82) is 0 Å². The summed E-state index contributed by atoms with van der Waals surface area (Å²) in [6.45, 7) is 7.41. The number of aliphatic imine (C=N–C) groups is 1. The van der Waals surface area contributed by atoms with Gasteiger partial charge >= 0.3 is 0 Å². The molecule has 2 rings (SSSR count). The van der Waals surface area contributed by atoms with Crippen LogP contribution >= 0.6 is 24.0 Å². The minimum absolute atomic E-state index is 0. The van der Waals surface area contributed by atoms with Gasteiger partial charge in [0.05, 0.1) is 13.2 Å². The summed E-state index contributed by atoms with van der Waals surface area (Å²) in [7, 11) is 3.52. The standard InChI is InChI=1S/C18H30N4O.HI/c1-14(2)21-18(19-3)20-13-17(22-11-5-6-12-22)15-7-9-16(23-4)10-8-15;/h7-10,14,17H,5-6,11-13H2,1-4H3,(H2,19,20,21);1H. The third kappa shape index (κ3) is 6.12. The Balaban J connectivity index is 0.00000288. The highest BCUT2D eigenvalue weighted by molar-refractivity contribution is 14.0. The van der Waals surface area contributed by atoms with Crippen molar-refractivity contribution in [2.45, 2.75) is 38.8 Å². The highest BCUT2D eigenvalue weighted by Crippen LogP contribution is 2.26. The van der Waals surface area contributed by atoms with E-state index in [1.54, 1.807) is 7.11 Å². The van der Waals surface area contributed by atoms with E-state index in [0.717, 1.165) is 31.3 Å². The molecule has 1 aliphatic rings. The van der Waals surface area contributed by atoms with Gasteiger partial charge in [0.15, 0.2) is 5.96 Å². The summed E-state index contributed by atoms with van der Waals surface area (Å²) in [4.78, 5) is 6.86. The number of guanidine groups is 1. The predicted molar refractivity (Wildman–Crippen MR) is 112 cm³/mol. The Labute approximate surface area is 163 Å². The van der Waals surface area contributed by atoms with Gasteiger partial charge in [-0.2, -0.15) is 0 Å². The van der Waals surface area contributed by atoms with Crippen molar-refractivity contribution in [2.75, 3.05) is 33.8 Å². The van der Waals surface area contributed by atoms with E-state index in [4.69, 9.17) is 4.74 Å². The third-order valence-electron chi connectivity index (χ3n) is 4.19. The van der Waals surface area contributed by atoms with Crippen molar-refractivity contribution < 1.29 is 4.74 Å². The third-order valence-corrected chi connectivity index (χ3v) is 4.19. The first-order valence-electron chi connectivity index (χ1n) is 8.49. The monoisotopic (exact) mass is 446 g/mol. The molecule has 1 aliphatic heterocycles. The second-order valence-corrected chi connectivity index (χ2v) is 6.28. The van der Waals surface area contributed by atoms with Gasteiger partial charge in [-0.05, 0) is 57.5 Å². The highest BCUT2D eigenvalue weighted by atomic mass is 127. The molecule has 0 spiro atoms. The average Bonchev–Trinajstić information content (AvgIpc) is 3.08. The summed E-state index contributed by atoms with van der Waals surface area (Å²) >= 11 is 0. The first kappa shape index (κ1) is 21.0. The number of benzene rings is 1. The van der Waals surface area contributed by atoms with Gasteiger partial charge in [0, 0.05) is 19.6 Å². The van der Waals surface area contributed by atoms with E-state index in [0.29, 0.717) is 12.1 Å². The molecular formula is C18H31IN4O. The Morgan fingerprint density at radius 1 is 1.21 bits per heavy atom. The molecule has 1 fully saturated rings. The molecule has 6 heteroatoms. The van der Waals surface area contributed by atoms with Crippen LogP contribution in [0.5, 0.6) is 5.75 Å². The summed E-state index contributed by atoms with van der Waals surface area (Å²) in [6, 6.07) is 9.14. The lowest BCUT2D eigenvalue weighted by Gasteiger charge is -2.29. The van der Waals surface area contributed by atoms with E-state index in [-0.39, 0.29) is 24.0 Å². The molecule has 24 heavy (non-hydrogen) atoms. The zero-order valence-electron chi connectivity index (χ0n) is 15.2. The van der Waals surface area contributed by atoms with E-state index in [1.807, 2.05) is 19.2 Å². The van der Waals surface area contributed by atoms with Gasteiger partial charge < -0.3 is 15.4 Å². The fourth-order valence-corrected chi connectivity index (χ4v) is 3.00. The molecule has 1 aromatic rings.